The van der Waals surface area contributed by atoms with E-state index in [-0.39, 0.29) is 0 Å². The van der Waals surface area contributed by atoms with Crippen molar-refractivity contribution in [1.29, 1.82) is 0 Å². The maximum Gasteiger partial charge on any atom is 0.288 e. The van der Waals surface area contributed by atoms with Gasteiger partial charge < -0.3 is 10.1 Å². The molecule has 0 saturated heterocycles. The Morgan fingerprint density at radius 1 is 1.24 bits per heavy atom. The first-order valence-corrected chi connectivity index (χ1v) is 7.87. The Hall–Kier alpha value is -1.27. The van der Waals surface area contributed by atoms with E-state index in [9.17, 15) is 8.78 Å². The van der Waals surface area contributed by atoms with E-state index in [1.165, 1.54) is 0 Å². The lowest BCUT2D eigenvalue weighted by atomic mass is 10.2. The van der Waals surface area contributed by atoms with Gasteiger partial charge in [0, 0.05) is 27.2 Å². The van der Waals surface area contributed by atoms with Crippen molar-refractivity contribution in [2.75, 3.05) is 12.4 Å². The minimum absolute atomic E-state index is 0.490. The summed E-state index contributed by atoms with van der Waals surface area (Å²) in [6.07, 6.45) is 0. The van der Waals surface area contributed by atoms with Crippen molar-refractivity contribution < 1.29 is 13.5 Å². The van der Waals surface area contributed by atoms with Crippen LogP contribution in [0.25, 0.3) is 0 Å². The van der Waals surface area contributed by atoms with Gasteiger partial charge in [-0.1, -0.05) is 39.8 Å². The maximum absolute atomic E-state index is 12.5. The molecule has 0 aliphatic heterocycles. The highest BCUT2D eigenvalue weighted by atomic mass is 79.9. The van der Waals surface area contributed by atoms with Crippen molar-refractivity contribution in [2.45, 2.75) is 17.2 Å². The number of ether oxygens (including phenoxy) is 1. The summed E-state index contributed by atoms with van der Waals surface area (Å²) in [5.74, 6) is -1.68. The minimum atomic E-state index is -2.44. The molecule has 6 heteroatoms. The smallest absolute Gasteiger partial charge is 0.288 e. The summed E-state index contributed by atoms with van der Waals surface area (Å²) in [6, 6.07) is 12.7. The van der Waals surface area contributed by atoms with Gasteiger partial charge in [-0.05, 0) is 30.3 Å². The minimum Gasteiger partial charge on any atom is -0.496 e. The van der Waals surface area contributed by atoms with Gasteiger partial charge in [0.1, 0.15) is 5.75 Å². The number of hydrogen-bond donors (Lipinski definition) is 1. The van der Waals surface area contributed by atoms with E-state index in [0.717, 1.165) is 15.8 Å². The van der Waals surface area contributed by atoms with Crippen molar-refractivity contribution >= 4 is 33.4 Å². The SMILES string of the molecule is COc1ccc(Br)cc1CNc1ccccc1SC(F)F. The Kier molecular flexibility index (Phi) is 5.87. The molecule has 0 fully saturated rings. The number of hydrogen-bond acceptors (Lipinski definition) is 3. The van der Waals surface area contributed by atoms with E-state index in [2.05, 4.69) is 21.2 Å². The van der Waals surface area contributed by atoms with Crippen LogP contribution < -0.4 is 10.1 Å². The summed E-state index contributed by atoms with van der Waals surface area (Å²) in [7, 11) is 1.60. The van der Waals surface area contributed by atoms with E-state index >= 15 is 0 Å². The molecule has 2 aromatic rings. The van der Waals surface area contributed by atoms with E-state index < -0.39 is 5.76 Å². The third-order valence-corrected chi connectivity index (χ3v) is 4.10. The predicted molar refractivity (Wildman–Crippen MR) is 86.3 cm³/mol. The Morgan fingerprint density at radius 2 is 2.00 bits per heavy atom. The summed E-state index contributed by atoms with van der Waals surface area (Å²) < 4.78 is 31.3. The fourth-order valence-electron chi connectivity index (χ4n) is 1.89. The number of alkyl halides is 2. The van der Waals surface area contributed by atoms with Crippen LogP contribution in [0.15, 0.2) is 51.8 Å². The number of thioether (sulfide) groups is 1. The molecule has 0 unspecified atom stereocenters. The Morgan fingerprint density at radius 3 is 2.71 bits per heavy atom. The molecule has 1 N–H and O–H groups in total. The monoisotopic (exact) mass is 373 g/mol. The molecule has 2 aromatic carbocycles. The number of para-hydroxylation sites is 1. The average Bonchev–Trinajstić information content (AvgIpc) is 2.46. The predicted octanol–water partition coefficient (Wildman–Crippen LogP) is 5.38. The van der Waals surface area contributed by atoms with Crippen LogP contribution in [0.1, 0.15) is 5.56 Å². The quantitative estimate of drug-likeness (QED) is 0.686. The summed E-state index contributed by atoms with van der Waals surface area (Å²) >= 11 is 3.95. The second-order valence-electron chi connectivity index (χ2n) is 4.18. The number of nitrogens with one attached hydrogen (secondary N) is 1. The molecule has 2 rings (SSSR count). The van der Waals surface area contributed by atoms with Gasteiger partial charge in [-0.2, -0.15) is 8.78 Å². The third-order valence-electron chi connectivity index (χ3n) is 2.81. The molecule has 0 saturated carbocycles. The summed E-state index contributed by atoms with van der Waals surface area (Å²) in [6.45, 7) is 0.490. The van der Waals surface area contributed by atoms with Crippen LogP contribution in [0.5, 0.6) is 5.75 Å². The molecule has 0 aliphatic carbocycles. The second kappa shape index (κ2) is 7.66. The Bertz CT molecular complexity index is 610. The molecule has 2 nitrogen and oxygen atoms in total. The standard InChI is InChI=1S/C15H14BrF2NOS/c1-20-13-7-6-11(16)8-10(13)9-19-12-4-2-3-5-14(12)21-15(17)18/h2-8,15,19H,9H2,1H3. The third kappa shape index (κ3) is 4.61. The fraction of sp³-hybridized carbons (Fsp3) is 0.200. The van der Waals surface area contributed by atoms with E-state index in [1.54, 1.807) is 25.3 Å². The maximum atomic E-state index is 12.5. The van der Waals surface area contributed by atoms with Gasteiger partial charge in [0.2, 0.25) is 0 Å². The number of rotatable bonds is 6. The van der Waals surface area contributed by atoms with Crippen molar-refractivity contribution in [2.24, 2.45) is 0 Å². The highest BCUT2D eigenvalue weighted by Crippen LogP contribution is 2.32. The summed E-state index contributed by atoms with van der Waals surface area (Å²) in [5.41, 5.74) is 1.63. The molecule has 0 spiro atoms. The van der Waals surface area contributed by atoms with Crippen LogP contribution in [-0.2, 0) is 6.54 Å². The first-order valence-electron chi connectivity index (χ1n) is 6.20. The molecule has 0 atom stereocenters. The van der Waals surface area contributed by atoms with E-state index in [4.69, 9.17) is 4.74 Å². The van der Waals surface area contributed by atoms with Crippen molar-refractivity contribution in [1.82, 2.24) is 0 Å². The molecular weight excluding hydrogens is 360 g/mol. The number of halogens is 3. The number of anilines is 1. The lowest BCUT2D eigenvalue weighted by Crippen LogP contribution is -2.03. The molecule has 0 heterocycles. The Balaban J connectivity index is 2.15. The number of benzene rings is 2. The average molecular weight is 374 g/mol. The molecule has 21 heavy (non-hydrogen) atoms. The van der Waals surface area contributed by atoms with Crippen LogP contribution in [0, 0.1) is 0 Å². The van der Waals surface area contributed by atoms with Gasteiger partial charge in [0.05, 0.1) is 7.11 Å². The fourth-order valence-corrected chi connectivity index (χ4v) is 2.91. The zero-order valence-corrected chi connectivity index (χ0v) is 13.7. The first-order chi connectivity index (χ1) is 10.1. The zero-order valence-electron chi connectivity index (χ0n) is 11.3. The van der Waals surface area contributed by atoms with Crippen LogP contribution in [0.3, 0.4) is 0 Å². The van der Waals surface area contributed by atoms with E-state index in [0.29, 0.717) is 28.9 Å². The van der Waals surface area contributed by atoms with Crippen molar-refractivity contribution in [3.05, 3.63) is 52.5 Å². The van der Waals surface area contributed by atoms with Crippen molar-refractivity contribution in [3.8, 4) is 5.75 Å². The zero-order chi connectivity index (χ0) is 15.2. The lowest BCUT2D eigenvalue weighted by Gasteiger charge is -2.13. The van der Waals surface area contributed by atoms with Gasteiger partial charge in [-0.3, -0.25) is 0 Å². The van der Waals surface area contributed by atoms with Gasteiger partial charge >= 0.3 is 0 Å². The normalized spacial score (nSPS) is 10.7. The molecule has 0 aliphatic rings. The number of methoxy groups -OCH3 is 1. The second-order valence-corrected chi connectivity index (χ2v) is 6.13. The van der Waals surface area contributed by atoms with Crippen molar-refractivity contribution in [3.63, 3.8) is 0 Å². The molecule has 112 valence electrons. The van der Waals surface area contributed by atoms with Gasteiger partial charge in [0.15, 0.2) is 0 Å². The molecule has 0 radical (unpaired) electrons. The molecule has 0 amide bonds. The summed E-state index contributed by atoms with van der Waals surface area (Å²) in [4.78, 5) is 0.529. The molecular formula is C15H14BrF2NOS. The van der Waals surface area contributed by atoms with Gasteiger partial charge in [0.25, 0.3) is 5.76 Å². The molecule has 0 bridgehead atoms. The topological polar surface area (TPSA) is 21.3 Å². The van der Waals surface area contributed by atoms with Gasteiger partial charge in [-0.15, -0.1) is 0 Å². The lowest BCUT2D eigenvalue weighted by molar-refractivity contribution is 0.252. The van der Waals surface area contributed by atoms with Crippen LogP contribution in [0.4, 0.5) is 14.5 Å². The van der Waals surface area contributed by atoms with Gasteiger partial charge in [-0.25, -0.2) is 0 Å². The highest BCUT2D eigenvalue weighted by molar-refractivity contribution is 9.10. The Labute approximate surface area is 135 Å². The first kappa shape index (κ1) is 16.1. The molecule has 0 aromatic heterocycles. The van der Waals surface area contributed by atoms with Crippen LogP contribution >= 0.6 is 27.7 Å². The van der Waals surface area contributed by atoms with Crippen LogP contribution in [0.2, 0.25) is 0 Å². The summed E-state index contributed by atoms with van der Waals surface area (Å²) in [5, 5.41) is 3.18. The largest absolute Gasteiger partial charge is 0.496 e. The highest BCUT2D eigenvalue weighted by Gasteiger charge is 2.10. The van der Waals surface area contributed by atoms with Crippen LogP contribution in [-0.4, -0.2) is 12.9 Å². The van der Waals surface area contributed by atoms with E-state index in [1.807, 2.05) is 24.3 Å².